The molecular weight excluding hydrogens is 547 g/mol. The normalized spacial score (nSPS) is 25.4. The molecule has 0 unspecified atom stereocenters. The fraction of sp³-hybridized carbons (Fsp3) is 0.625. The zero-order valence-electron chi connectivity index (χ0n) is 23.9. The highest BCUT2D eigenvalue weighted by Crippen LogP contribution is 2.58. The van der Waals surface area contributed by atoms with Crippen LogP contribution in [0, 0.1) is 11.2 Å². The number of ether oxygens (including phenoxy) is 2. The van der Waals surface area contributed by atoms with Crippen LogP contribution in [0.4, 0.5) is 19.0 Å². The molecule has 3 atom stereocenters. The highest BCUT2D eigenvalue weighted by atomic mass is 19.3. The molecule has 1 aliphatic carbocycles. The maximum atomic E-state index is 14.5. The summed E-state index contributed by atoms with van der Waals surface area (Å²) >= 11 is 0. The number of carboxylic acids is 1. The molecule has 3 fully saturated rings. The Morgan fingerprint density at radius 1 is 1.21 bits per heavy atom. The molecule has 0 bridgehead atoms. The van der Waals surface area contributed by atoms with Gasteiger partial charge in [0, 0.05) is 50.2 Å². The van der Waals surface area contributed by atoms with Crippen molar-refractivity contribution in [1.29, 1.82) is 0 Å². The topological polar surface area (TPSA) is 83.9 Å². The lowest BCUT2D eigenvalue weighted by Gasteiger charge is -2.51. The van der Waals surface area contributed by atoms with E-state index in [2.05, 4.69) is 17.4 Å². The molecule has 4 aliphatic rings. The molecule has 6 rings (SSSR count). The first-order valence-corrected chi connectivity index (χ1v) is 15.3. The first-order chi connectivity index (χ1) is 20.2. The van der Waals surface area contributed by atoms with Gasteiger partial charge in [-0.25, -0.2) is 18.2 Å². The van der Waals surface area contributed by atoms with E-state index < -0.39 is 35.3 Å². The van der Waals surface area contributed by atoms with E-state index in [9.17, 15) is 23.1 Å². The van der Waals surface area contributed by atoms with Crippen molar-refractivity contribution in [2.24, 2.45) is 5.41 Å². The van der Waals surface area contributed by atoms with Crippen LogP contribution in [0.1, 0.15) is 85.9 Å². The fourth-order valence-electron chi connectivity index (χ4n) is 7.29. The van der Waals surface area contributed by atoms with E-state index >= 15 is 0 Å². The Bertz CT molecular complexity index is 1270. The smallest absolute Gasteiger partial charge is 0.325 e. The van der Waals surface area contributed by atoms with E-state index in [0.717, 1.165) is 50.2 Å². The molecule has 42 heavy (non-hydrogen) atoms. The number of carboxylic acid groups (broad SMARTS) is 1. The van der Waals surface area contributed by atoms with Crippen molar-refractivity contribution >= 4 is 11.8 Å². The molecule has 4 heterocycles. The van der Waals surface area contributed by atoms with E-state index in [1.54, 1.807) is 6.07 Å². The lowest BCUT2D eigenvalue weighted by atomic mass is 9.62. The number of alkyl halides is 2. The molecular formula is C32H40F3N3O4. The Morgan fingerprint density at radius 2 is 2.07 bits per heavy atom. The summed E-state index contributed by atoms with van der Waals surface area (Å²) in [6.07, 6.45) is 5.83. The summed E-state index contributed by atoms with van der Waals surface area (Å²) in [6.45, 7) is 2.72. The summed E-state index contributed by atoms with van der Waals surface area (Å²) in [6, 6.07) is 7.43. The number of aliphatic carboxylic acids is 1. The average molecular weight is 588 g/mol. The number of aryl methyl sites for hydroxylation is 2. The van der Waals surface area contributed by atoms with E-state index in [1.807, 2.05) is 4.90 Å². The first kappa shape index (κ1) is 29.4. The molecule has 2 N–H and O–H groups in total. The van der Waals surface area contributed by atoms with Crippen LogP contribution in [0.5, 0.6) is 0 Å². The minimum atomic E-state index is -2.63. The Balaban J connectivity index is 1.02. The standard InChI is InChI=1S/C32H40F3N3O4/c33-22-7-9-25(27-10-12-31(20-42-27)18-32(34,35)19-31)26(16-22)28(30(39)40)38-14-11-24(17-38)41-15-2-1-5-23-8-6-21-4-3-13-36-29(21)37-23/h6-9,16,24,27-28H,1-5,10-15,17-20H2,(H,36,37)(H,39,40)/t24-,27-,28-/m1/s1. The molecule has 0 amide bonds. The molecule has 1 saturated carbocycles. The Labute approximate surface area is 244 Å². The summed E-state index contributed by atoms with van der Waals surface area (Å²) in [5.41, 5.74) is 2.85. The minimum absolute atomic E-state index is 0.0963. The van der Waals surface area contributed by atoms with Crippen molar-refractivity contribution in [3.63, 3.8) is 0 Å². The van der Waals surface area contributed by atoms with Gasteiger partial charge in [-0.15, -0.1) is 0 Å². The number of likely N-dealkylation sites (tertiary alicyclic amines) is 1. The van der Waals surface area contributed by atoms with E-state index in [4.69, 9.17) is 14.5 Å². The van der Waals surface area contributed by atoms with Crippen LogP contribution in [0.2, 0.25) is 0 Å². The fourth-order valence-corrected chi connectivity index (χ4v) is 7.29. The number of nitrogens with zero attached hydrogens (tertiary/aromatic N) is 2. The van der Waals surface area contributed by atoms with Crippen molar-refractivity contribution in [2.75, 3.05) is 38.2 Å². The second-order valence-electron chi connectivity index (χ2n) is 12.6. The summed E-state index contributed by atoms with van der Waals surface area (Å²) in [7, 11) is 0. The lowest BCUT2D eigenvalue weighted by molar-refractivity contribution is -0.212. The monoisotopic (exact) mass is 587 g/mol. The number of halogens is 3. The second-order valence-corrected chi connectivity index (χ2v) is 12.6. The SMILES string of the molecule is O=C(O)[C@@H](c1cc(F)ccc1[C@H]1CCC2(CO1)CC(F)(F)C2)N1CC[C@@H](OCCCCc2ccc3c(n2)NCCC3)C1. The van der Waals surface area contributed by atoms with Crippen LogP contribution in [0.3, 0.4) is 0 Å². The number of benzene rings is 1. The third-order valence-corrected chi connectivity index (χ3v) is 9.39. The van der Waals surface area contributed by atoms with Crippen LogP contribution in [0.15, 0.2) is 30.3 Å². The van der Waals surface area contributed by atoms with Crippen LogP contribution in [0.25, 0.3) is 0 Å². The zero-order chi connectivity index (χ0) is 29.3. The quantitative estimate of drug-likeness (QED) is 0.326. The number of carbonyl (C=O) groups is 1. The molecule has 2 aromatic rings. The highest BCUT2D eigenvalue weighted by molar-refractivity contribution is 5.76. The zero-order valence-corrected chi connectivity index (χ0v) is 23.9. The van der Waals surface area contributed by atoms with Gasteiger partial charge in [-0.1, -0.05) is 12.1 Å². The Morgan fingerprint density at radius 3 is 2.83 bits per heavy atom. The molecule has 1 aromatic heterocycles. The van der Waals surface area contributed by atoms with Gasteiger partial charge in [0.05, 0.1) is 18.8 Å². The summed E-state index contributed by atoms with van der Waals surface area (Å²) < 4.78 is 53.7. The highest BCUT2D eigenvalue weighted by Gasteiger charge is 2.57. The van der Waals surface area contributed by atoms with Gasteiger partial charge in [-0.3, -0.25) is 9.69 Å². The van der Waals surface area contributed by atoms with Gasteiger partial charge >= 0.3 is 5.97 Å². The van der Waals surface area contributed by atoms with Crippen molar-refractivity contribution in [1.82, 2.24) is 9.88 Å². The van der Waals surface area contributed by atoms with Crippen molar-refractivity contribution in [3.05, 3.63) is 58.5 Å². The number of hydrogen-bond acceptors (Lipinski definition) is 6. The van der Waals surface area contributed by atoms with E-state index in [0.29, 0.717) is 50.1 Å². The molecule has 10 heteroatoms. The van der Waals surface area contributed by atoms with Gasteiger partial charge in [-0.2, -0.15) is 0 Å². The number of hydrogen-bond donors (Lipinski definition) is 2. The van der Waals surface area contributed by atoms with Crippen molar-refractivity contribution in [3.8, 4) is 0 Å². The van der Waals surface area contributed by atoms with Gasteiger partial charge in [0.25, 0.3) is 0 Å². The number of anilines is 1. The number of nitrogens with one attached hydrogen (secondary N) is 1. The molecule has 1 aromatic carbocycles. The summed E-state index contributed by atoms with van der Waals surface area (Å²) in [5, 5.41) is 13.6. The average Bonchev–Trinajstić information content (AvgIpc) is 3.40. The third kappa shape index (κ3) is 6.45. The van der Waals surface area contributed by atoms with Crippen LogP contribution in [-0.4, -0.2) is 65.8 Å². The lowest BCUT2D eigenvalue weighted by Crippen LogP contribution is -2.51. The van der Waals surface area contributed by atoms with Gasteiger partial charge in [-0.05, 0) is 86.3 Å². The van der Waals surface area contributed by atoms with Crippen LogP contribution >= 0.6 is 0 Å². The number of unbranched alkanes of at least 4 members (excludes halogenated alkanes) is 1. The van der Waals surface area contributed by atoms with Gasteiger partial charge < -0.3 is 19.9 Å². The summed E-state index contributed by atoms with van der Waals surface area (Å²) in [4.78, 5) is 19.1. The van der Waals surface area contributed by atoms with Gasteiger partial charge in [0.1, 0.15) is 17.7 Å². The Kier molecular flexibility index (Phi) is 8.49. The Hall–Kier alpha value is -2.69. The van der Waals surface area contributed by atoms with Gasteiger partial charge in [0.2, 0.25) is 5.92 Å². The van der Waals surface area contributed by atoms with Crippen molar-refractivity contribution in [2.45, 2.75) is 88.4 Å². The molecule has 3 aliphatic heterocycles. The second kappa shape index (κ2) is 12.1. The van der Waals surface area contributed by atoms with Crippen LogP contribution < -0.4 is 5.32 Å². The number of rotatable bonds is 10. The molecule has 2 saturated heterocycles. The summed E-state index contributed by atoms with van der Waals surface area (Å²) in [5.74, 6) is -3.18. The predicted octanol–water partition coefficient (Wildman–Crippen LogP) is 6.09. The predicted molar refractivity (Wildman–Crippen MR) is 151 cm³/mol. The maximum absolute atomic E-state index is 14.5. The maximum Gasteiger partial charge on any atom is 0.325 e. The third-order valence-electron chi connectivity index (χ3n) is 9.39. The minimum Gasteiger partial charge on any atom is -0.480 e. The van der Waals surface area contributed by atoms with Gasteiger partial charge in [0.15, 0.2) is 0 Å². The first-order valence-electron chi connectivity index (χ1n) is 15.3. The number of aromatic nitrogens is 1. The largest absolute Gasteiger partial charge is 0.480 e. The molecule has 1 spiro atoms. The number of fused-ring (bicyclic) bond motifs is 1. The molecule has 7 nitrogen and oxygen atoms in total. The van der Waals surface area contributed by atoms with E-state index in [1.165, 1.54) is 17.7 Å². The van der Waals surface area contributed by atoms with Crippen LogP contribution in [-0.2, 0) is 27.1 Å². The number of pyridine rings is 1. The van der Waals surface area contributed by atoms with E-state index in [-0.39, 0.29) is 25.6 Å². The molecule has 228 valence electrons. The molecule has 0 radical (unpaired) electrons. The van der Waals surface area contributed by atoms with Crippen molar-refractivity contribution < 1.29 is 32.5 Å².